The SMILES string of the molecule is ClCCCN1c2ccccc2Sc2ccc(Br)cc21. The van der Waals surface area contributed by atoms with Crippen LogP contribution in [0.3, 0.4) is 0 Å². The van der Waals surface area contributed by atoms with Gasteiger partial charge in [0.2, 0.25) is 0 Å². The van der Waals surface area contributed by atoms with E-state index in [0.717, 1.165) is 17.4 Å². The molecular weight excluding hydrogens is 342 g/mol. The average Bonchev–Trinajstić information content (AvgIpc) is 2.44. The minimum Gasteiger partial charge on any atom is -0.340 e. The molecule has 1 aliphatic rings. The molecule has 1 nitrogen and oxygen atoms in total. The van der Waals surface area contributed by atoms with E-state index < -0.39 is 0 Å². The number of anilines is 2. The van der Waals surface area contributed by atoms with E-state index in [1.54, 1.807) is 0 Å². The highest BCUT2D eigenvalue weighted by atomic mass is 79.9. The van der Waals surface area contributed by atoms with Crippen molar-refractivity contribution in [3.8, 4) is 0 Å². The Bertz CT molecular complexity index is 602. The van der Waals surface area contributed by atoms with Crippen LogP contribution in [0.4, 0.5) is 11.4 Å². The van der Waals surface area contributed by atoms with Gasteiger partial charge in [-0.2, -0.15) is 0 Å². The molecule has 0 amide bonds. The van der Waals surface area contributed by atoms with Crippen molar-refractivity contribution in [1.82, 2.24) is 0 Å². The van der Waals surface area contributed by atoms with Crippen LogP contribution in [0.1, 0.15) is 6.42 Å². The second kappa shape index (κ2) is 5.78. The molecule has 0 bridgehead atoms. The lowest BCUT2D eigenvalue weighted by Crippen LogP contribution is -2.22. The normalized spacial score (nSPS) is 13.1. The quantitative estimate of drug-likeness (QED) is 0.652. The van der Waals surface area contributed by atoms with E-state index in [4.69, 9.17) is 11.6 Å². The summed E-state index contributed by atoms with van der Waals surface area (Å²) in [6.07, 6.45) is 0.979. The Morgan fingerprint density at radius 3 is 2.68 bits per heavy atom. The van der Waals surface area contributed by atoms with Crippen LogP contribution >= 0.6 is 39.3 Å². The van der Waals surface area contributed by atoms with Crippen molar-refractivity contribution in [2.24, 2.45) is 0 Å². The maximum atomic E-state index is 5.87. The van der Waals surface area contributed by atoms with Gasteiger partial charge in [0.05, 0.1) is 11.4 Å². The molecule has 0 atom stereocenters. The fourth-order valence-electron chi connectivity index (χ4n) is 2.26. The minimum absolute atomic E-state index is 0.690. The van der Waals surface area contributed by atoms with Crippen molar-refractivity contribution < 1.29 is 0 Å². The molecule has 19 heavy (non-hydrogen) atoms. The van der Waals surface area contributed by atoms with Crippen molar-refractivity contribution in [2.75, 3.05) is 17.3 Å². The topological polar surface area (TPSA) is 3.24 Å². The van der Waals surface area contributed by atoms with Crippen LogP contribution in [0.15, 0.2) is 56.7 Å². The Labute approximate surface area is 131 Å². The molecule has 0 spiro atoms. The molecule has 0 saturated carbocycles. The Morgan fingerprint density at radius 1 is 1.05 bits per heavy atom. The summed E-state index contributed by atoms with van der Waals surface area (Å²) in [4.78, 5) is 4.98. The van der Waals surface area contributed by atoms with Gasteiger partial charge in [-0.15, -0.1) is 11.6 Å². The van der Waals surface area contributed by atoms with Crippen LogP contribution in [0.2, 0.25) is 0 Å². The van der Waals surface area contributed by atoms with Crippen LogP contribution < -0.4 is 4.90 Å². The van der Waals surface area contributed by atoms with Gasteiger partial charge in [0.1, 0.15) is 0 Å². The van der Waals surface area contributed by atoms with Gasteiger partial charge in [-0.1, -0.05) is 39.8 Å². The fourth-order valence-corrected chi connectivity index (χ4v) is 3.81. The Morgan fingerprint density at radius 2 is 1.84 bits per heavy atom. The highest BCUT2D eigenvalue weighted by molar-refractivity contribution is 9.10. The number of benzene rings is 2. The molecule has 98 valence electrons. The van der Waals surface area contributed by atoms with Crippen molar-refractivity contribution in [3.05, 3.63) is 46.9 Å². The third-order valence-electron chi connectivity index (χ3n) is 3.10. The first-order valence-electron chi connectivity index (χ1n) is 6.19. The second-order valence-corrected chi connectivity index (χ2v) is 6.75. The lowest BCUT2D eigenvalue weighted by molar-refractivity contribution is 0.870. The molecule has 0 saturated heterocycles. The molecule has 0 radical (unpaired) electrons. The smallest absolute Gasteiger partial charge is 0.0564 e. The van der Waals surface area contributed by atoms with Crippen LogP contribution in [-0.4, -0.2) is 12.4 Å². The first kappa shape index (κ1) is 13.3. The maximum Gasteiger partial charge on any atom is 0.0564 e. The molecule has 0 unspecified atom stereocenters. The van der Waals surface area contributed by atoms with Gasteiger partial charge in [0.15, 0.2) is 0 Å². The average molecular weight is 355 g/mol. The number of hydrogen-bond acceptors (Lipinski definition) is 2. The summed E-state index contributed by atoms with van der Waals surface area (Å²) in [6, 6.07) is 15.0. The van der Waals surface area contributed by atoms with Crippen LogP contribution in [0, 0.1) is 0 Å². The largest absolute Gasteiger partial charge is 0.340 e. The molecule has 3 rings (SSSR count). The third-order valence-corrected chi connectivity index (χ3v) is 4.99. The van der Waals surface area contributed by atoms with Gasteiger partial charge in [-0.05, 0) is 36.8 Å². The number of hydrogen-bond donors (Lipinski definition) is 0. The minimum atomic E-state index is 0.690. The zero-order valence-corrected chi connectivity index (χ0v) is 13.4. The third kappa shape index (κ3) is 2.64. The molecule has 4 heteroatoms. The van der Waals surface area contributed by atoms with E-state index in [0.29, 0.717) is 5.88 Å². The Hall–Kier alpha value is -0.640. The monoisotopic (exact) mass is 353 g/mol. The summed E-state index contributed by atoms with van der Waals surface area (Å²) < 4.78 is 1.11. The highest BCUT2D eigenvalue weighted by Gasteiger charge is 2.22. The molecular formula is C15H13BrClNS. The van der Waals surface area contributed by atoms with E-state index in [-0.39, 0.29) is 0 Å². The van der Waals surface area contributed by atoms with Crippen LogP contribution in [-0.2, 0) is 0 Å². The van der Waals surface area contributed by atoms with Crippen molar-refractivity contribution >= 4 is 50.7 Å². The molecule has 0 N–H and O–H groups in total. The fraction of sp³-hybridized carbons (Fsp3) is 0.200. The first-order valence-corrected chi connectivity index (χ1v) is 8.34. The Balaban J connectivity index is 2.08. The molecule has 0 aliphatic carbocycles. The van der Waals surface area contributed by atoms with E-state index in [1.807, 2.05) is 11.8 Å². The highest BCUT2D eigenvalue weighted by Crippen LogP contribution is 2.48. The van der Waals surface area contributed by atoms with Crippen molar-refractivity contribution in [3.63, 3.8) is 0 Å². The van der Waals surface area contributed by atoms with Gasteiger partial charge >= 0.3 is 0 Å². The first-order chi connectivity index (χ1) is 9.29. The molecule has 2 aromatic carbocycles. The van der Waals surface area contributed by atoms with E-state index in [1.165, 1.54) is 21.2 Å². The number of para-hydroxylation sites is 1. The lowest BCUT2D eigenvalue weighted by Gasteiger charge is -2.32. The predicted octanol–water partition coefficient (Wildman–Crippen LogP) is 5.68. The number of nitrogens with zero attached hydrogens (tertiary/aromatic N) is 1. The number of rotatable bonds is 3. The van der Waals surface area contributed by atoms with Gasteiger partial charge in [-0.25, -0.2) is 0 Å². The van der Waals surface area contributed by atoms with Crippen LogP contribution in [0.5, 0.6) is 0 Å². The molecule has 1 aliphatic heterocycles. The van der Waals surface area contributed by atoms with Crippen LogP contribution in [0.25, 0.3) is 0 Å². The van der Waals surface area contributed by atoms with E-state index in [9.17, 15) is 0 Å². The van der Waals surface area contributed by atoms with Gasteiger partial charge in [0.25, 0.3) is 0 Å². The summed E-state index contributed by atoms with van der Waals surface area (Å²) in [5.74, 6) is 0.690. The second-order valence-electron chi connectivity index (χ2n) is 4.38. The van der Waals surface area contributed by atoms with E-state index in [2.05, 4.69) is 63.3 Å². The molecule has 2 aromatic rings. The number of alkyl halides is 1. The standard InChI is InChI=1S/C15H13BrClNS/c16-11-6-7-15-13(10-11)18(9-3-8-17)12-4-1-2-5-14(12)19-15/h1-2,4-7,10H,3,8-9H2. The van der Waals surface area contributed by atoms with Gasteiger partial charge < -0.3 is 4.90 Å². The molecule has 1 heterocycles. The summed E-state index contributed by atoms with van der Waals surface area (Å²) >= 11 is 11.3. The number of halogens is 2. The maximum absolute atomic E-state index is 5.87. The summed E-state index contributed by atoms with van der Waals surface area (Å²) in [5.41, 5.74) is 2.55. The zero-order chi connectivity index (χ0) is 13.2. The summed E-state index contributed by atoms with van der Waals surface area (Å²) in [6.45, 7) is 0.949. The van der Waals surface area contributed by atoms with Gasteiger partial charge in [-0.3, -0.25) is 0 Å². The lowest BCUT2D eigenvalue weighted by atomic mass is 10.2. The number of fused-ring (bicyclic) bond motifs is 2. The predicted molar refractivity (Wildman–Crippen MR) is 87.1 cm³/mol. The van der Waals surface area contributed by atoms with E-state index >= 15 is 0 Å². The zero-order valence-electron chi connectivity index (χ0n) is 10.3. The molecule has 0 aromatic heterocycles. The van der Waals surface area contributed by atoms with Crippen molar-refractivity contribution in [1.29, 1.82) is 0 Å². The molecule has 0 fully saturated rings. The Kier molecular flexibility index (Phi) is 4.06. The van der Waals surface area contributed by atoms with Gasteiger partial charge in [0, 0.05) is 26.7 Å². The summed E-state index contributed by atoms with van der Waals surface area (Å²) in [5, 5.41) is 0. The van der Waals surface area contributed by atoms with Crippen molar-refractivity contribution in [2.45, 2.75) is 16.2 Å². The summed E-state index contributed by atoms with van der Waals surface area (Å²) in [7, 11) is 0.